The lowest BCUT2D eigenvalue weighted by Gasteiger charge is -2.28. The Morgan fingerprint density at radius 3 is 2.80 bits per heavy atom. The van der Waals surface area contributed by atoms with Gasteiger partial charge in [-0.3, -0.25) is 10.2 Å². The molecule has 0 saturated carbocycles. The first-order valence-electron chi connectivity index (χ1n) is 9.60. The van der Waals surface area contributed by atoms with Crippen LogP contribution in [0.2, 0.25) is 0 Å². The quantitative estimate of drug-likeness (QED) is 0.658. The van der Waals surface area contributed by atoms with Gasteiger partial charge in [-0.05, 0) is 51.4 Å². The number of unbranched alkanes of at least 4 members (excludes halogenated alkanes) is 2. The Kier molecular flexibility index (Phi) is 8.60. The molecule has 1 amide bonds. The maximum atomic E-state index is 12.1. The largest absolute Gasteiger partial charge is 0.494 e. The summed E-state index contributed by atoms with van der Waals surface area (Å²) in [6.07, 6.45) is 6.64. The van der Waals surface area contributed by atoms with Gasteiger partial charge in [-0.25, -0.2) is 4.79 Å². The topological polar surface area (TPSA) is 50.8 Å². The molecule has 2 rings (SSSR count). The Morgan fingerprint density at radius 1 is 1.24 bits per heavy atom. The van der Waals surface area contributed by atoms with E-state index in [0.717, 1.165) is 31.8 Å². The molecule has 1 heterocycles. The lowest BCUT2D eigenvalue weighted by Crippen LogP contribution is -2.37. The van der Waals surface area contributed by atoms with Crippen molar-refractivity contribution in [2.75, 3.05) is 31.6 Å². The van der Waals surface area contributed by atoms with Gasteiger partial charge in [-0.15, -0.1) is 0 Å². The Labute approximate surface area is 151 Å². The zero-order valence-corrected chi connectivity index (χ0v) is 15.6. The van der Waals surface area contributed by atoms with Crippen LogP contribution in [0.5, 0.6) is 5.75 Å². The SMILES string of the molecule is CCCCCOc1cccc(NC(=O)O[C@H](C)CN2CCCCC2)c1. The Balaban J connectivity index is 1.73. The molecule has 0 aromatic heterocycles. The van der Waals surface area contributed by atoms with Gasteiger partial charge in [0.05, 0.1) is 6.61 Å². The monoisotopic (exact) mass is 348 g/mol. The predicted octanol–water partition coefficient (Wildman–Crippen LogP) is 4.68. The predicted molar refractivity (Wildman–Crippen MR) is 101 cm³/mol. The van der Waals surface area contributed by atoms with Gasteiger partial charge in [0.25, 0.3) is 0 Å². The van der Waals surface area contributed by atoms with Crippen LogP contribution in [0, 0.1) is 0 Å². The molecule has 1 aliphatic heterocycles. The summed E-state index contributed by atoms with van der Waals surface area (Å²) in [7, 11) is 0. The van der Waals surface area contributed by atoms with Crippen molar-refractivity contribution in [1.82, 2.24) is 4.90 Å². The normalized spacial score (nSPS) is 16.2. The molecule has 0 spiro atoms. The first kappa shape index (κ1) is 19.6. The molecule has 5 nitrogen and oxygen atoms in total. The maximum Gasteiger partial charge on any atom is 0.411 e. The van der Waals surface area contributed by atoms with Gasteiger partial charge >= 0.3 is 6.09 Å². The molecule has 1 aliphatic rings. The molecular formula is C20H32N2O3. The van der Waals surface area contributed by atoms with Crippen LogP contribution in [0.25, 0.3) is 0 Å². The molecule has 1 N–H and O–H groups in total. The number of likely N-dealkylation sites (tertiary alicyclic amines) is 1. The van der Waals surface area contributed by atoms with Crippen molar-refractivity contribution in [2.45, 2.75) is 58.5 Å². The molecule has 5 heteroatoms. The minimum atomic E-state index is -0.410. The van der Waals surface area contributed by atoms with Crippen molar-refractivity contribution in [1.29, 1.82) is 0 Å². The average molecular weight is 348 g/mol. The number of ether oxygens (including phenoxy) is 2. The number of rotatable bonds is 9. The highest BCUT2D eigenvalue weighted by atomic mass is 16.6. The minimum Gasteiger partial charge on any atom is -0.494 e. The summed E-state index contributed by atoms with van der Waals surface area (Å²) in [5.41, 5.74) is 0.697. The number of nitrogens with one attached hydrogen (secondary N) is 1. The lowest BCUT2D eigenvalue weighted by atomic mass is 10.1. The second-order valence-corrected chi connectivity index (χ2v) is 6.79. The van der Waals surface area contributed by atoms with E-state index >= 15 is 0 Å². The zero-order chi connectivity index (χ0) is 17.9. The number of piperidine rings is 1. The fourth-order valence-electron chi connectivity index (χ4n) is 3.08. The third-order valence-corrected chi connectivity index (χ3v) is 4.37. The average Bonchev–Trinajstić information content (AvgIpc) is 2.59. The van der Waals surface area contributed by atoms with Crippen LogP contribution in [0.15, 0.2) is 24.3 Å². The van der Waals surface area contributed by atoms with E-state index in [1.807, 2.05) is 31.2 Å². The minimum absolute atomic E-state index is 0.119. The second kappa shape index (κ2) is 11.0. The van der Waals surface area contributed by atoms with E-state index < -0.39 is 6.09 Å². The standard InChI is InChI=1S/C20H32N2O3/c1-3-4-8-14-24-19-11-9-10-18(15-19)21-20(23)25-17(2)16-22-12-6-5-7-13-22/h9-11,15,17H,3-8,12-14,16H2,1-2H3,(H,21,23)/t17-/m1/s1. The van der Waals surface area contributed by atoms with Gasteiger partial charge in [-0.2, -0.15) is 0 Å². The van der Waals surface area contributed by atoms with Crippen molar-refractivity contribution in [3.05, 3.63) is 24.3 Å². The number of amides is 1. The highest BCUT2D eigenvalue weighted by molar-refractivity contribution is 5.84. The maximum absolute atomic E-state index is 12.1. The van der Waals surface area contributed by atoms with Crippen molar-refractivity contribution < 1.29 is 14.3 Å². The smallest absolute Gasteiger partial charge is 0.411 e. The van der Waals surface area contributed by atoms with Gasteiger partial charge < -0.3 is 9.47 Å². The molecule has 1 atom stereocenters. The molecule has 0 unspecified atom stereocenters. The fourth-order valence-corrected chi connectivity index (χ4v) is 3.08. The Bertz CT molecular complexity index is 515. The van der Waals surface area contributed by atoms with E-state index in [1.165, 1.54) is 32.1 Å². The number of carbonyl (C=O) groups excluding carboxylic acids is 1. The van der Waals surface area contributed by atoms with Crippen molar-refractivity contribution in [3.63, 3.8) is 0 Å². The highest BCUT2D eigenvalue weighted by Gasteiger charge is 2.16. The molecule has 25 heavy (non-hydrogen) atoms. The third kappa shape index (κ3) is 7.78. The van der Waals surface area contributed by atoms with Crippen LogP contribution in [0.4, 0.5) is 10.5 Å². The second-order valence-electron chi connectivity index (χ2n) is 6.79. The fraction of sp³-hybridized carbons (Fsp3) is 0.650. The van der Waals surface area contributed by atoms with Crippen LogP contribution >= 0.6 is 0 Å². The molecule has 0 radical (unpaired) electrons. The first-order chi connectivity index (χ1) is 12.2. The van der Waals surface area contributed by atoms with Crippen LogP contribution in [0.3, 0.4) is 0 Å². The van der Waals surface area contributed by atoms with Crippen LogP contribution in [0.1, 0.15) is 52.4 Å². The Morgan fingerprint density at radius 2 is 2.04 bits per heavy atom. The van der Waals surface area contributed by atoms with Crippen LogP contribution < -0.4 is 10.1 Å². The molecule has 0 aliphatic carbocycles. The van der Waals surface area contributed by atoms with Gasteiger partial charge in [0, 0.05) is 18.3 Å². The number of benzene rings is 1. The van der Waals surface area contributed by atoms with Gasteiger partial charge in [-0.1, -0.05) is 32.3 Å². The third-order valence-electron chi connectivity index (χ3n) is 4.37. The van der Waals surface area contributed by atoms with Gasteiger partial charge in [0.2, 0.25) is 0 Å². The summed E-state index contributed by atoms with van der Waals surface area (Å²) in [5, 5.41) is 2.79. The molecule has 140 valence electrons. The number of nitrogens with zero attached hydrogens (tertiary/aromatic N) is 1. The van der Waals surface area contributed by atoms with Crippen molar-refractivity contribution >= 4 is 11.8 Å². The Hall–Kier alpha value is -1.75. The number of hydrogen-bond acceptors (Lipinski definition) is 4. The number of hydrogen-bond donors (Lipinski definition) is 1. The summed E-state index contributed by atoms with van der Waals surface area (Å²) < 4.78 is 11.2. The van der Waals surface area contributed by atoms with Gasteiger partial charge in [0.15, 0.2) is 0 Å². The van der Waals surface area contributed by atoms with E-state index in [1.54, 1.807) is 0 Å². The summed E-state index contributed by atoms with van der Waals surface area (Å²) >= 11 is 0. The zero-order valence-electron chi connectivity index (χ0n) is 15.6. The van der Waals surface area contributed by atoms with Gasteiger partial charge in [0.1, 0.15) is 11.9 Å². The highest BCUT2D eigenvalue weighted by Crippen LogP contribution is 2.18. The van der Waals surface area contributed by atoms with Crippen LogP contribution in [-0.2, 0) is 4.74 Å². The van der Waals surface area contributed by atoms with E-state index in [9.17, 15) is 4.79 Å². The van der Waals surface area contributed by atoms with Crippen molar-refractivity contribution in [2.24, 2.45) is 0 Å². The van der Waals surface area contributed by atoms with E-state index in [2.05, 4.69) is 17.1 Å². The molecule has 0 bridgehead atoms. The summed E-state index contributed by atoms with van der Waals surface area (Å²) in [5.74, 6) is 0.773. The number of carbonyl (C=O) groups is 1. The van der Waals surface area contributed by atoms with Crippen molar-refractivity contribution in [3.8, 4) is 5.75 Å². The summed E-state index contributed by atoms with van der Waals surface area (Å²) in [6.45, 7) is 7.83. The summed E-state index contributed by atoms with van der Waals surface area (Å²) in [6, 6.07) is 7.46. The van der Waals surface area contributed by atoms with Crippen LogP contribution in [-0.4, -0.2) is 43.3 Å². The molecule has 1 aromatic rings. The van der Waals surface area contributed by atoms with E-state index in [-0.39, 0.29) is 6.10 Å². The summed E-state index contributed by atoms with van der Waals surface area (Å²) in [4.78, 5) is 14.4. The molecule has 1 fully saturated rings. The van der Waals surface area contributed by atoms with E-state index in [4.69, 9.17) is 9.47 Å². The first-order valence-corrected chi connectivity index (χ1v) is 9.60. The molecule has 1 saturated heterocycles. The number of anilines is 1. The van der Waals surface area contributed by atoms with E-state index in [0.29, 0.717) is 12.3 Å². The molecule has 1 aromatic carbocycles. The lowest BCUT2D eigenvalue weighted by molar-refractivity contribution is 0.0833. The molecular weight excluding hydrogens is 316 g/mol.